The minimum absolute atomic E-state index is 0.146. The molecule has 3 rings (SSSR count). The van der Waals surface area contributed by atoms with E-state index in [2.05, 4.69) is 4.98 Å². The lowest BCUT2D eigenvalue weighted by atomic mass is 10.2. The number of imidazole rings is 1. The number of benzene rings is 1. The van der Waals surface area contributed by atoms with Gasteiger partial charge in [-0.15, -0.1) is 0 Å². The molecule has 0 spiro atoms. The van der Waals surface area contributed by atoms with E-state index in [-0.39, 0.29) is 12.1 Å². The highest BCUT2D eigenvalue weighted by Crippen LogP contribution is 2.31. The molecule has 0 aliphatic carbocycles. The Morgan fingerprint density at radius 2 is 1.87 bits per heavy atom. The average molecular weight is 329 g/mol. The van der Waals surface area contributed by atoms with E-state index in [0.29, 0.717) is 38.4 Å². The predicted octanol–water partition coefficient (Wildman–Crippen LogP) is 1.75. The van der Waals surface area contributed by atoms with Gasteiger partial charge in [0.25, 0.3) is 0 Å². The molecule has 2 aromatic rings. The number of β-amino-alcohol motifs (C(OH)–C–C–N with tert-alkyl or cyclic N) is 1. The molecule has 1 N–H and O–H groups in total. The van der Waals surface area contributed by atoms with Gasteiger partial charge >= 0.3 is 6.18 Å². The summed E-state index contributed by atoms with van der Waals surface area (Å²) in [7, 11) is 0. The molecule has 1 fully saturated rings. The summed E-state index contributed by atoms with van der Waals surface area (Å²) in [6.45, 7) is 2.67. The van der Waals surface area contributed by atoms with Crippen LogP contribution in [0.15, 0.2) is 24.3 Å². The number of aliphatic hydroxyl groups is 1. The van der Waals surface area contributed by atoms with Gasteiger partial charge in [-0.2, -0.15) is 13.2 Å². The van der Waals surface area contributed by atoms with E-state index in [1.54, 1.807) is 18.2 Å². The number of hydrogen-bond acceptors (Lipinski definition) is 4. The maximum absolute atomic E-state index is 13.2. The topological polar surface area (TPSA) is 50.5 Å². The van der Waals surface area contributed by atoms with Crippen LogP contribution in [0.5, 0.6) is 0 Å². The second-order valence-corrected chi connectivity index (χ2v) is 5.60. The number of ether oxygens (including phenoxy) is 1. The van der Waals surface area contributed by atoms with E-state index in [0.717, 1.165) is 4.57 Å². The Bertz CT molecular complexity index is 666. The van der Waals surface area contributed by atoms with Crippen molar-refractivity contribution in [1.29, 1.82) is 0 Å². The van der Waals surface area contributed by atoms with E-state index in [1.807, 2.05) is 4.90 Å². The standard InChI is InChI=1S/C15H18F3N3O2/c16-15(17,18)14-19-12-3-1-2-4-13(12)21(14)10-11(22)9-20-5-7-23-8-6-20/h1-4,11,22H,5-10H2/t11-/m1/s1. The smallest absolute Gasteiger partial charge is 0.390 e. The summed E-state index contributed by atoms with van der Waals surface area (Å²) in [6, 6.07) is 6.42. The SMILES string of the molecule is O[C@H](CN1CCOCC1)Cn1c(C(F)(F)F)nc2ccccc21. The molecule has 0 radical (unpaired) electrons. The minimum Gasteiger partial charge on any atom is -0.390 e. The number of nitrogens with zero attached hydrogens (tertiary/aromatic N) is 3. The number of rotatable bonds is 4. The number of para-hydroxylation sites is 2. The molecule has 0 bridgehead atoms. The van der Waals surface area contributed by atoms with Crippen LogP contribution in [0, 0.1) is 0 Å². The molecule has 1 atom stereocenters. The van der Waals surface area contributed by atoms with Crippen molar-refractivity contribution in [1.82, 2.24) is 14.5 Å². The summed E-state index contributed by atoms with van der Waals surface area (Å²) in [5.74, 6) is -0.972. The number of morpholine rings is 1. The Balaban J connectivity index is 1.83. The van der Waals surface area contributed by atoms with Crippen molar-refractivity contribution in [3.63, 3.8) is 0 Å². The summed E-state index contributed by atoms with van der Waals surface area (Å²) >= 11 is 0. The Labute approximate surface area is 131 Å². The fraction of sp³-hybridized carbons (Fsp3) is 0.533. The molecule has 8 heteroatoms. The van der Waals surface area contributed by atoms with Gasteiger partial charge in [0.05, 0.1) is 36.9 Å². The monoisotopic (exact) mass is 329 g/mol. The molecule has 126 valence electrons. The van der Waals surface area contributed by atoms with Crippen LogP contribution in [0.1, 0.15) is 5.82 Å². The molecule has 1 aliphatic heterocycles. The lowest BCUT2D eigenvalue weighted by Gasteiger charge is -2.28. The van der Waals surface area contributed by atoms with E-state index >= 15 is 0 Å². The summed E-state index contributed by atoms with van der Waals surface area (Å²) in [5, 5.41) is 10.2. The van der Waals surface area contributed by atoms with E-state index in [1.165, 1.54) is 6.07 Å². The van der Waals surface area contributed by atoms with Crippen LogP contribution in [0.2, 0.25) is 0 Å². The zero-order valence-electron chi connectivity index (χ0n) is 12.5. The van der Waals surface area contributed by atoms with Crippen LogP contribution >= 0.6 is 0 Å². The molecule has 1 aromatic heterocycles. The summed E-state index contributed by atoms with van der Waals surface area (Å²) in [6.07, 6.45) is -5.47. The number of aliphatic hydroxyl groups excluding tert-OH is 1. The molecule has 0 amide bonds. The van der Waals surface area contributed by atoms with Crippen molar-refractivity contribution < 1.29 is 23.0 Å². The molecule has 5 nitrogen and oxygen atoms in total. The third-order valence-electron chi connectivity index (χ3n) is 3.87. The highest BCUT2D eigenvalue weighted by molar-refractivity contribution is 5.76. The average Bonchev–Trinajstić information content (AvgIpc) is 2.87. The van der Waals surface area contributed by atoms with E-state index in [9.17, 15) is 18.3 Å². The molecule has 0 unspecified atom stereocenters. The summed E-state index contributed by atoms with van der Waals surface area (Å²) in [5.41, 5.74) is 0.652. The fourth-order valence-electron chi connectivity index (χ4n) is 2.83. The predicted molar refractivity (Wildman–Crippen MR) is 78.0 cm³/mol. The maximum Gasteiger partial charge on any atom is 0.449 e. The van der Waals surface area contributed by atoms with Gasteiger partial charge in [-0.25, -0.2) is 4.98 Å². The quantitative estimate of drug-likeness (QED) is 0.928. The van der Waals surface area contributed by atoms with Gasteiger partial charge in [-0.3, -0.25) is 4.90 Å². The Morgan fingerprint density at radius 1 is 1.17 bits per heavy atom. The third kappa shape index (κ3) is 3.65. The number of hydrogen-bond donors (Lipinski definition) is 1. The molecule has 2 heterocycles. The first kappa shape index (κ1) is 16.2. The second-order valence-electron chi connectivity index (χ2n) is 5.60. The maximum atomic E-state index is 13.2. The normalized spacial score (nSPS) is 18.4. The Hall–Kier alpha value is -1.64. The minimum atomic E-state index is -4.56. The summed E-state index contributed by atoms with van der Waals surface area (Å²) < 4.78 is 45.9. The molecule has 23 heavy (non-hydrogen) atoms. The molecular weight excluding hydrogens is 311 g/mol. The van der Waals surface area contributed by atoms with Crippen molar-refractivity contribution in [3.8, 4) is 0 Å². The first-order valence-corrected chi connectivity index (χ1v) is 7.46. The van der Waals surface area contributed by atoms with Crippen molar-refractivity contribution in [3.05, 3.63) is 30.1 Å². The number of halogens is 3. The van der Waals surface area contributed by atoms with Crippen molar-refractivity contribution in [2.24, 2.45) is 0 Å². The van der Waals surface area contributed by atoms with Crippen LogP contribution in [0.3, 0.4) is 0 Å². The Morgan fingerprint density at radius 3 is 2.57 bits per heavy atom. The zero-order chi connectivity index (χ0) is 16.4. The second kappa shape index (κ2) is 6.46. The summed E-state index contributed by atoms with van der Waals surface area (Å²) in [4.78, 5) is 5.66. The van der Waals surface area contributed by atoms with Gasteiger partial charge in [0, 0.05) is 19.6 Å². The third-order valence-corrected chi connectivity index (χ3v) is 3.87. The van der Waals surface area contributed by atoms with Crippen LogP contribution in [0.25, 0.3) is 11.0 Å². The highest BCUT2D eigenvalue weighted by Gasteiger charge is 2.38. The van der Waals surface area contributed by atoms with Gasteiger partial charge in [-0.1, -0.05) is 12.1 Å². The number of alkyl halides is 3. The lowest BCUT2D eigenvalue weighted by molar-refractivity contribution is -0.147. The van der Waals surface area contributed by atoms with Crippen LogP contribution in [-0.2, 0) is 17.5 Å². The van der Waals surface area contributed by atoms with Crippen molar-refractivity contribution in [2.75, 3.05) is 32.8 Å². The first-order chi connectivity index (χ1) is 10.9. The van der Waals surface area contributed by atoms with Crippen molar-refractivity contribution in [2.45, 2.75) is 18.8 Å². The van der Waals surface area contributed by atoms with Crippen molar-refractivity contribution >= 4 is 11.0 Å². The zero-order valence-corrected chi connectivity index (χ0v) is 12.5. The molecule has 1 aromatic carbocycles. The number of aromatic nitrogens is 2. The van der Waals surface area contributed by atoms with Gasteiger partial charge in [0.2, 0.25) is 5.82 Å². The first-order valence-electron chi connectivity index (χ1n) is 7.46. The van der Waals surface area contributed by atoms with Crippen LogP contribution < -0.4 is 0 Å². The van der Waals surface area contributed by atoms with E-state index < -0.39 is 18.1 Å². The molecule has 0 saturated carbocycles. The van der Waals surface area contributed by atoms with Gasteiger partial charge in [0.1, 0.15) is 0 Å². The largest absolute Gasteiger partial charge is 0.449 e. The fourth-order valence-corrected chi connectivity index (χ4v) is 2.83. The molecule has 1 saturated heterocycles. The van der Waals surface area contributed by atoms with Crippen LogP contribution in [0.4, 0.5) is 13.2 Å². The van der Waals surface area contributed by atoms with Gasteiger partial charge in [0.15, 0.2) is 0 Å². The van der Waals surface area contributed by atoms with E-state index in [4.69, 9.17) is 4.74 Å². The lowest BCUT2D eigenvalue weighted by Crippen LogP contribution is -2.42. The molecular formula is C15H18F3N3O2. The molecule has 1 aliphatic rings. The van der Waals surface area contributed by atoms with Gasteiger partial charge < -0.3 is 14.4 Å². The van der Waals surface area contributed by atoms with Gasteiger partial charge in [-0.05, 0) is 12.1 Å². The van der Waals surface area contributed by atoms with Crippen LogP contribution in [-0.4, -0.2) is 58.5 Å². The Kier molecular flexibility index (Phi) is 4.56. The highest BCUT2D eigenvalue weighted by atomic mass is 19.4. The number of fused-ring (bicyclic) bond motifs is 1.